The smallest absolute Gasteiger partial charge is 0.126 e. The number of thioether (sulfide) groups is 1. The zero-order valence-electron chi connectivity index (χ0n) is 11.5. The molecule has 5 N–H and O–H groups in total. The molecule has 1 aromatic carbocycles. The lowest BCUT2D eigenvalue weighted by atomic mass is 10.1. The van der Waals surface area contributed by atoms with Crippen LogP contribution in [0.1, 0.15) is 11.1 Å². The Kier molecular flexibility index (Phi) is 5.40. The van der Waals surface area contributed by atoms with Crippen LogP contribution < -0.4 is 17.0 Å². The van der Waals surface area contributed by atoms with Gasteiger partial charge in [-0.05, 0) is 37.1 Å². The number of anilines is 1. The monoisotopic (exact) mass is 288 g/mol. The number of pyridine rings is 1. The number of nitrogen functional groups attached to an aromatic ring is 1. The highest BCUT2D eigenvalue weighted by molar-refractivity contribution is 7.99. The van der Waals surface area contributed by atoms with Crippen molar-refractivity contribution in [2.45, 2.75) is 24.3 Å². The molecule has 1 atom stereocenters. The first-order valence-electron chi connectivity index (χ1n) is 6.54. The average molecular weight is 288 g/mol. The fraction of sp³-hybridized carbons (Fsp3) is 0.267. The molecular weight excluding hydrogens is 268 g/mol. The fourth-order valence-corrected chi connectivity index (χ4v) is 3.01. The van der Waals surface area contributed by atoms with Crippen molar-refractivity contribution in [1.29, 1.82) is 0 Å². The van der Waals surface area contributed by atoms with Crippen molar-refractivity contribution in [1.82, 2.24) is 10.4 Å². The Morgan fingerprint density at radius 3 is 2.85 bits per heavy atom. The molecule has 0 aliphatic heterocycles. The van der Waals surface area contributed by atoms with Gasteiger partial charge in [0.2, 0.25) is 0 Å². The molecule has 0 aliphatic carbocycles. The highest BCUT2D eigenvalue weighted by atomic mass is 32.2. The summed E-state index contributed by atoms with van der Waals surface area (Å²) in [6, 6.07) is 12.5. The predicted molar refractivity (Wildman–Crippen MR) is 85.4 cm³/mol. The van der Waals surface area contributed by atoms with Crippen molar-refractivity contribution in [3.8, 4) is 0 Å². The predicted octanol–water partition coefficient (Wildman–Crippen LogP) is 2.14. The van der Waals surface area contributed by atoms with E-state index in [2.05, 4.69) is 41.6 Å². The summed E-state index contributed by atoms with van der Waals surface area (Å²) in [4.78, 5) is 5.35. The van der Waals surface area contributed by atoms with Crippen LogP contribution in [0.2, 0.25) is 0 Å². The number of hydrazine groups is 1. The molecule has 0 saturated heterocycles. The van der Waals surface area contributed by atoms with Crippen molar-refractivity contribution in [2.24, 2.45) is 5.84 Å². The minimum absolute atomic E-state index is 0.159. The third kappa shape index (κ3) is 4.23. The molecule has 5 heteroatoms. The third-order valence-electron chi connectivity index (χ3n) is 3.07. The van der Waals surface area contributed by atoms with Crippen LogP contribution in [-0.2, 0) is 6.42 Å². The lowest BCUT2D eigenvalue weighted by molar-refractivity contribution is 0.575. The molecular formula is C15H20N4S. The standard InChI is InChI=1S/C15H20N4S/c1-11-4-2-6-14(8-11)20-10-13(19-17)9-12-5-3-7-18-15(12)16/h2-8,13,19H,9-10,17H2,1H3,(H2,16,18). The van der Waals surface area contributed by atoms with E-state index in [4.69, 9.17) is 11.6 Å². The molecule has 1 aromatic heterocycles. The number of rotatable bonds is 6. The van der Waals surface area contributed by atoms with Crippen LogP contribution in [0.4, 0.5) is 5.82 Å². The summed E-state index contributed by atoms with van der Waals surface area (Å²) in [5, 5.41) is 0. The van der Waals surface area contributed by atoms with Crippen LogP contribution in [0.5, 0.6) is 0 Å². The minimum Gasteiger partial charge on any atom is -0.383 e. The summed E-state index contributed by atoms with van der Waals surface area (Å²) >= 11 is 1.79. The van der Waals surface area contributed by atoms with E-state index in [1.54, 1.807) is 18.0 Å². The third-order valence-corrected chi connectivity index (χ3v) is 4.23. The first-order valence-corrected chi connectivity index (χ1v) is 7.52. The van der Waals surface area contributed by atoms with Gasteiger partial charge in [0.1, 0.15) is 5.82 Å². The second kappa shape index (κ2) is 7.28. The van der Waals surface area contributed by atoms with Gasteiger partial charge >= 0.3 is 0 Å². The molecule has 1 heterocycles. The second-order valence-electron chi connectivity index (χ2n) is 4.74. The zero-order valence-corrected chi connectivity index (χ0v) is 12.4. The Bertz CT molecular complexity index is 559. The van der Waals surface area contributed by atoms with Gasteiger partial charge in [-0.3, -0.25) is 11.3 Å². The summed E-state index contributed by atoms with van der Waals surface area (Å²) in [6.07, 6.45) is 2.47. The van der Waals surface area contributed by atoms with Crippen LogP contribution in [0.15, 0.2) is 47.5 Å². The minimum atomic E-state index is 0.159. The van der Waals surface area contributed by atoms with E-state index < -0.39 is 0 Å². The quantitative estimate of drug-likeness (QED) is 0.431. The highest BCUT2D eigenvalue weighted by Crippen LogP contribution is 2.21. The first kappa shape index (κ1) is 14.8. The van der Waals surface area contributed by atoms with E-state index in [9.17, 15) is 0 Å². The zero-order chi connectivity index (χ0) is 14.4. The van der Waals surface area contributed by atoms with E-state index in [1.807, 2.05) is 12.1 Å². The Morgan fingerprint density at radius 1 is 1.30 bits per heavy atom. The summed E-state index contributed by atoms with van der Waals surface area (Å²) < 4.78 is 0. The number of aromatic nitrogens is 1. The molecule has 4 nitrogen and oxygen atoms in total. The normalized spacial score (nSPS) is 12.3. The van der Waals surface area contributed by atoms with Crippen molar-refractivity contribution >= 4 is 17.6 Å². The topological polar surface area (TPSA) is 77.0 Å². The van der Waals surface area contributed by atoms with Crippen LogP contribution in [-0.4, -0.2) is 16.8 Å². The van der Waals surface area contributed by atoms with E-state index in [1.165, 1.54) is 10.5 Å². The molecule has 1 unspecified atom stereocenters. The Morgan fingerprint density at radius 2 is 2.15 bits per heavy atom. The summed E-state index contributed by atoms with van der Waals surface area (Å²) in [5.74, 6) is 7.10. The van der Waals surface area contributed by atoms with Gasteiger partial charge in [0.25, 0.3) is 0 Å². The molecule has 20 heavy (non-hydrogen) atoms. The van der Waals surface area contributed by atoms with Crippen molar-refractivity contribution in [2.75, 3.05) is 11.5 Å². The van der Waals surface area contributed by atoms with E-state index in [-0.39, 0.29) is 6.04 Å². The number of hydrogen-bond donors (Lipinski definition) is 3. The van der Waals surface area contributed by atoms with Gasteiger partial charge in [-0.2, -0.15) is 0 Å². The van der Waals surface area contributed by atoms with Gasteiger partial charge < -0.3 is 5.73 Å². The number of aryl methyl sites for hydroxylation is 1. The van der Waals surface area contributed by atoms with Crippen LogP contribution in [0, 0.1) is 6.92 Å². The van der Waals surface area contributed by atoms with Gasteiger partial charge in [-0.1, -0.05) is 23.8 Å². The Balaban J connectivity index is 1.94. The summed E-state index contributed by atoms with van der Waals surface area (Å²) in [7, 11) is 0. The maximum atomic E-state index is 5.86. The highest BCUT2D eigenvalue weighted by Gasteiger charge is 2.11. The van der Waals surface area contributed by atoms with E-state index in [0.717, 1.165) is 17.7 Å². The lowest BCUT2D eigenvalue weighted by Gasteiger charge is -2.16. The Labute approximate surface area is 123 Å². The van der Waals surface area contributed by atoms with Gasteiger partial charge in [-0.15, -0.1) is 11.8 Å². The first-order chi connectivity index (χ1) is 9.69. The van der Waals surface area contributed by atoms with Gasteiger partial charge in [0.05, 0.1) is 0 Å². The molecule has 0 bridgehead atoms. The van der Waals surface area contributed by atoms with Crippen LogP contribution in [0.3, 0.4) is 0 Å². The molecule has 0 fully saturated rings. The van der Waals surface area contributed by atoms with Gasteiger partial charge in [-0.25, -0.2) is 4.98 Å². The summed E-state index contributed by atoms with van der Waals surface area (Å²) in [5.41, 5.74) is 11.0. The maximum absolute atomic E-state index is 5.86. The SMILES string of the molecule is Cc1cccc(SCC(Cc2cccnc2N)NN)c1. The van der Waals surface area contributed by atoms with Crippen molar-refractivity contribution in [3.63, 3.8) is 0 Å². The van der Waals surface area contributed by atoms with Crippen LogP contribution in [0.25, 0.3) is 0 Å². The Hall–Kier alpha value is -1.56. The molecule has 0 saturated carbocycles. The molecule has 0 radical (unpaired) electrons. The fourth-order valence-electron chi connectivity index (χ4n) is 1.96. The van der Waals surface area contributed by atoms with Crippen molar-refractivity contribution < 1.29 is 0 Å². The largest absolute Gasteiger partial charge is 0.383 e. The lowest BCUT2D eigenvalue weighted by Crippen LogP contribution is -2.38. The number of nitrogens with one attached hydrogen (secondary N) is 1. The maximum Gasteiger partial charge on any atom is 0.126 e. The average Bonchev–Trinajstić information content (AvgIpc) is 2.45. The summed E-state index contributed by atoms with van der Waals surface area (Å²) in [6.45, 7) is 2.10. The number of hydrogen-bond acceptors (Lipinski definition) is 5. The molecule has 2 rings (SSSR count). The molecule has 0 aliphatic rings. The number of benzene rings is 1. The van der Waals surface area contributed by atoms with Gasteiger partial charge in [0, 0.05) is 22.9 Å². The van der Waals surface area contributed by atoms with Gasteiger partial charge in [0.15, 0.2) is 0 Å². The second-order valence-corrected chi connectivity index (χ2v) is 5.84. The van der Waals surface area contributed by atoms with E-state index in [0.29, 0.717) is 5.82 Å². The van der Waals surface area contributed by atoms with E-state index >= 15 is 0 Å². The molecule has 0 amide bonds. The van der Waals surface area contributed by atoms with Crippen LogP contribution >= 0.6 is 11.8 Å². The van der Waals surface area contributed by atoms with Crippen molar-refractivity contribution in [3.05, 3.63) is 53.7 Å². The molecule has 2 aromatic rings. The molecule has 106 valence electrons. The number of nitrogens with zero attached hydrogens (tertiary/aromatic N) is 1. The number of nitrogens with two attached hydrogens (primary N) is 2. The molecule has 0 spiro atoms.